The third-order valence-corrected chi connectivity index (χ3v) is 3.93. The lowest BCUT2D eigenvalue weighted by molar-refractivity contribution is -0.0340. The summed E-state index contributed by atoms with van der Waals surface area (Å²) in [5.74, 6) is 0.875. The molecular weight excluding hydrogens is 252 g/mol. The lowest BCUT2D eigenvalue weighted by Gasteiger charge is -2.20. The van der Waals surface area contributed by atoms with Gasteiger partial charge >= 0.3 is 0 Å². The number of nitrogens with zero attached hydrogens (tertiary/aromatic N) is 2. The molecule has 1 rings (SSSR count). The van der Waals surface area contributed by atoms with Gasteiger partial charge in [-0.05, 0) is 6.42 Å². The van der Waals surface area contributed by atoms with Crippen LogP contribution in [0.5, 0.6) is 0 Å². The van der Waals surface area contributed by atoms with Crippen LogP contribution in [0.4, 0.5) is 0 Å². The first-order valence-electron chi connectivity index (χ1n) is 8.38. The number of aliphatic imine (C=N–C) groups is 1. The summed E-state index contributed by atoms with van der Waals surface area (Å²) < 4.78 is 0. The Morgan fingerprint density at radius 2 is 1.60 bits per heavy atom. The van der Waals surface area contributed by atoms with Crippen LogP contribution < -0.4 is 0 Å². The second-order valence-electron chi connectivity index (χ2n) is 5.80. The average Bonchev–Trinajstić information content (AvgIpc) is 2.83. The van der Waals surface area contributed by atoms with Crippen molar-refractivity contribution in [2.75, 3.05) is 19.6 Å². The first kappa shape index (κ1) is 17.4. The predicted molar refractivity (Wildman–Crippen MR) is 83.9 cm³/mol. The monoisotopic (exact) mass is 284 g/mol. The largest absolute Gasteiger partial charge is 0.368 e. The normalized spacial score (nSPS) is 15.2. The summed E-state index contributed by atoms with van der Waals surface area (Å²) >= 11 is 0. The lowest BCUT2D eigenvalue weighted by atomic mass is 10.1. The van der Waals surface area contributed by atoms with E-state index in [4.69, 9.17) is 10.2 Å². The van der Waals surface area contributed by atoms with Gasteiger partial charge in [-0.1, -0.05) is 58.3 Å². The molecule has 0 radical (unpaired) electrons. The number of amidine groups is 1. The minimum Gasteiger partial charge on any atom is -0.368 e. The molecular formula is C16H32N2O2. The molecule has 4 heteroatoms. The molecule has 0 saturated heterocycles. The van der Waals surface area contributed by atoms with Crippen molar-refractivity contribution >= 4 is 5.84 Å². The molecule has 0 atom stereocenters. The summed E-state index contributed by atoms with van der Waals surface area (Å²) in [4.78, 5) is 6.55. The van der Waals surface area contributed by atoms with E-state index in [0.717, 1.165) is 25.5 Å². The highest BCUT2D eigenvalue weighted by Gasteiger charge is 2.18. The lowest BCUT2D eigenvalue weighted by Crippen LogP contribution is -2.31. The standard InChI is InChI=1S/C16H32N2O2/c1-2-3-4-5-6-7-8-9-10-12-18-13-11-17-15(18)14-16(19)20/h16,19-20H,2-14H2,1H3. The molecule has 0 aromatic rings. The van der Waals surface area contributed by atoms with Crippen LogP contribution in [0.15, 0.2) is 4.99 Å². The maximum atomic E-state index is 9.01. The summed E-state index contributed by atoms with van der Waals surface area (Å²) in [6.45, 7) is 5.02. The van der Waals surface area contributed by atoms with Crippen molar-refractivity contribution in [2.45, 2.75) is 77.4 Å². The molecule has 1 aliphatic heterocycles. The summed E-state index contributed by atoms with van der Waals surface area (Å²) in [6, 6.07) is 0. The number of hydrogen-bond donors (Lipinski definition) is 2. The van der Waals surface area contributed by atoms with Gasteiger partial charge in [0.05, 0.1) is 13.0 Å². The molecule has 2 N–H and O–H groups in total. The van der Waals surface area contributed by atoms with Crippen LogP contribution in [-0.4, -0.2) is 46.9 Å². The molecule has 0 aliphatic carbocycles. The Morgan fingerprint density at radius 1 is 1.00 bits per heavy atom. The molecule has 0 unspecified atom stereocenters. The quantitative estimate of drug-likeness (QED) is 0.428. The van der Waals surface area contributed by atoms with Crippen LogP contribution in [0.2, 0.25) is 0 Å². The van der Waals surface area contributed by atoms with E-state index in [1.807, 2.05) is 0 Å². The van der Waals surface area contributed by atoms with E-state index in [0.29, 0.717) is 0 Å². The molecule has 0 aromatic carbocycles. The van der Waals surface area contributed by atoms with Crippen LogP contribution in [-0.2, 0) is 0 Å². The highest BCUT2D eigenvalue weighted by atomic mass is 16.5. The zero-order valence-corrected chi connectivity index (χ0v) is 13.1. The zero-order valence-electron chi connectivity index (χ0n) is 13.1. The molecule has 0 bridgehead atoms. The molecule has 0 amide bonds. The summed E-state index contributed by atoms with van der Waals surface area (Å²) in [7, 11) is 0. The predicted octanol–water partition coefficient (Wildman–Crippen LogP) is 2.93. The van der Waals surface area contributed by atoms with Gasteiger partial charge < -0.3 is 15.1 Å². The van der Waals surface area contributed by atoms with E-state index >= 15 is 0 Å². The fourth-order valence-corrected chi connectivity index (χ4v) is 2.74. The second kappa shape index (κ2) is 11.1. The van der Waals surface area contributed by atoms with Gasteiger partial charge in [-0.2, -0.15) is 0 Å². The van der Waals surface area contributed by atoms with Crippen molar-refractivity contribution in [1.29, 1.82) is 0 Å². The van der Waals surface area contributed by atoms with Crippen LogP contribution in [0, 0.1) is 0 Å². The van der Waals surface area contributed by atoms with E-state index in [-0.39, 0.29) is 6.42 Å². The number of aliphatic hydroxyl groups is 2. The van der Waals surface area contributed by atoms with Gasteiger partial charge in [0.1, 0.15) is 5.84 Å². The van der Waals surface area contributed by atoms with Crippen molar-refractivity contribution in [3.8, 4) is 0 Å². The van der Waals surface area contributed by atoms with Gasteiger partial charge in [-0.25, -0.2) is 0 Å². The van der Waals surface area contributed by atoms with E-state index in [1.54, 1.807) is 0 Å². The molecule has 20 heavy (non-hydrogen) atoms. The molecule has 1 aliphatic rings. The molecule has 4 nitrogen and oxygen atoms in total. The maximum absolute atomic E-state index is 9.01. The minimum absolute atomic E-state index is 0.275. The maximum Gasteiger partial charge on any atom is 0.158 e. The highest BCUT2D eigenvalue weighted by molar-refractivity contribution is 5.83. The smallest absolute Gasteiger partial charge is 0.158 e. The van der Waals surface area contributed by atoms with Crippen LogP contribution in [0.25, 0.3) is 0 Å². The van der Waals surface area contributed by atoms with Gasteiger partial charge in [0.15, 0.2) is 6.29 Å². The molecule has 0 spiro atoms. The Hall–Kier alpha value is -0.610. The first-order chi connectivity index (χ1) is 9.74. The number of unbranched alkanes of at least 4 members (excludes halogenated alkanes) is 8. The Bertz CT molecular complexity index is 267. The van der Waals surface area contributed by atoms with Crippen molar-refractivity contribution in [3.63, 3.8) is 0 Å². The Morgan fingerprint density at radius 3 is 2.20 bits per heavy atom. The van der Waals surface area contributed by atoms with Crippen molar-refractivity contribution in [3.05, 3.63) is 0 Å². The zero-order chi connectivity index (χ0) is 14.6. The van der Waals surface area contributed by atoms with Crippen molar-refractivity contribution in [2.24, 2.45) is 4.99 Å². The SMILES string of the molecule is CCCCCCCCCCCN1CCN=C1CC(O)O. The topological polar surface area (TPSA) is 56.1 Å². The minimum atomic E-state index is -1.27. The van der Waals surface area contributed by atoms with Gasteiger partial charge in [-0.15, -0.1) is 0 Å². The van der Waals surface area contributed by atoms with E-state index in [9.17, 15) is 0 Å². The summed E-state index contributed by atoms with van der Waals surface area (Å²) in [6.07, 6.45) is 11.0. The van der Waals surface area contributed by atoms with Gasteiger partial charge in [-0.3, -0.25) is 4.99 Å². The van der Waals surface area contributed by atoms with Crippen LogP contribution in [0.1, 0.15) is 71.1 Å². The summed E-state index contributed by atoms with van der Waals surface area (Å²) in [5, 5.41) is 18.0. The fraction of sp³-hybridized carbons (Fsp3) is 0.938. The summed E-state index contributed by atoms with van der Waals surface area (Å²) in [5.41, 5.74) is 0. The fourth-order valence-electron chi connectivity index (χ4n) is 2.74. The molecule has 118 valence electrons. The number of rotatable bonds is 12. The van der Waals surface area contributed by atoms with E-state index in [1.165, 1.54) is 57.8 Å². The number of aliphatic hydroxyl groups excluding tert-OH is 1. The van der Waals surface area contributed by atoms with Gasteiger partial charge in [0.25, 0.3) is 0 Å². The van der Waals surface area contributed by atoms with Crippen molar-refractivity contribution < 1.29 is 10.2 Å². The molecule has 0 aromatic heterocycles. The third kappa shape index (κ3) is 7.85. The van der Waals surface area contributed by atoms with Crippen LogP contribution in [0.3, 0.4) is 0 Å². The van der Waals surface area contributed by atoms with Gasteiger partial charge in [0, 0.05) is 13.1 Å². The van der Waals surface area contributed by atoms with E-state index in [2.05, 4.69) is 16.8 Å². The second-order valence-corrected chi connectivity index (χ2v) is 5.80. The Labute approximate surface area is 123 Å². The van der Waals surface area contributed by atoms with Crippen molar-refractivity contribution in [1.82, 2.24) is 4.90 Å². The van der Waals surface area contributed by atoms with Gasteiger partial charge in [0.2, 0.25) is 0 Å². The molecule has 0 saturated carbocycles. The Kier molecular flexibility index (Phi) is 9.67. The molecule has 1 heterocycles. The average molecular weight is 284 g/mol. The highest BCUT2D eigenvalue weighted by Crippen LogP contribution is 2.12. The third-order valence-electron chi connectivity index (χ3n) is 3.93. The van der Waals surface area contributed by atoms with Crippen LogP contribution >= 0.6 is 0 Å². The number of hydrogen-bond acceptors (Lipinski definition) is 4. The Balaban J connectivity index is 1.95. The molecule has 0 fully saturated rings. The first-order valence-corrected chi connectivity index (χ1v) is 8.38. The van der Waals surface area contributed by atoms with E-state index < -0.39 is 6.29 Å².